The highest BCUT2D eigenvalue weighted by Crippen LogP contribution is 2.45. The summed E-state index contributed by atoms with van der Waals surface area (Å²) in [7, 11) is 1.58. The highest BCUT2D eigenvalue weighted by atomic mass is 16.5. The van der Waals surface area contributed by atoms with Crippen LogP contribution in [-0.2, 0) is 4.74 Å². The van der Waals surface area contributed by atoms with Crippen LogP contribution >= 0.6 is 0 Å². The molecule has 164 valence electrons. The lowest BCUT2D eigenvalue weighted by Crippen LogP contribution is -2.15. The van der Waals surface area contributed by atoms with Gasteiger partial charge in [0.05, 0.1) is 37.7 Å². The number of rotatable bonds is 7. The van der Waals surface area contributed by atoms with Crippen molar-refractivity contribution in [2.75, 3.05) is 13.7 Å². The fourth-order valence-electron chi connectivity index (χ4n) is 3.92. The van der Waals surface area contributed by atoms with Crippen LogP contribution in [0, 0.1) is 12.8 Å². The maximum absolute atomic E-state index is 12.0. The molecule has 0 saturated heterocycles. The van der Waals surface area contributed by atoms with Crippen LogP contribution in [0.3, 0.4) is 0 Å². The Bertz CT molecular complexity index is 1270. The second-order valence-corrected chi connectivity index (χ2v) is 7.94. The van der Waals surface area contributed by atoms with Crippen LogP contribution in [0.25, 0.3) is 17.0 Å². The molecule has 3 heterocycles. The predicted octanol–water partition coefficient (Wildman–Crippen LogP) is 3.51. The van der Waals surface area contributed by atoms with Gasteiger partial charge in [-0.25, -0.2) is 19.1 Å². The van der Waals surface area contributed by atoms with Gasteiger partial charge in [-0.1, -0.05) is 29.8 Å². The van der Waals surface area contributed by atoms with Gasteiger partial charge in [0.1, 0.15) is 11.0 Å². The van der Waals surface area contributed by atoms with Crippen LogP contribution in [-0.4, -0.2) is 49.2 Å². The van der Waals surface area contributed by atoms with Gasteiger partial charge in [0.15, 0.2) is 0 Å². The average molecular weight is 432 g/mol. The smallest absolute Gasteiger partial charge is 0.341 e. The van der Waals surface area contributed by atoms with Crippen LogP contribution in [0.5, 0.6) is 5.88 Å². The molecule has 9 nitrogen and oxygen atoms in total. The Morgan fingerprint density at radius 1 is 1.16 bits per heavy atom. The number of carbonyl (C=O) groups is 1. The van der Waals surface area contributed by atoms with E-state index in [0.29, 0.717) is 35.4 Å². The molecule has 0 bridgehead atoms. The molecule has 1 aliphatic rings. The Kier molecular flexibility index (Phi) is 5.08. The Balaban J connectivity index is 1.57. The number of aryl methyl sites for hydroxylation is 1. The third-order valence-electron chi connectivity index (χ3n) is 5.64. The van der Waals surface area contributed by atoms with Crippen molar-refractivity contribution in [1.82, 2.24) is 29.5 Å². The number of aromatic nitrogens is 6. The third kappa shape index (κ3) is 3.59. The molecule has 1 aliphatic carbocycles. The highest BCUT2D eigenvalue weighted by molar-refractivity contribution is 5.88. The van der Waals surface area contributed by atoms with Gasteiger partial charge in [0.2, 0.25) is 5.88 Å². The molecule has 1 fully saturated rings. The summed E-state index contributed by atoms with van der Waals surface area (Å²) in [5.74, 6) is 0.782. The fraction of sp³-hybridized carbons (Fsp3) is 0.348. The number of benzene rings is 1. The summed E-state index contributed by atoms with van der Waals surface area (Å²) in [5.41, 5.74) is 4.16. The molecule has 32 heavy (non-hydrogen) atoms. The summed E-state index contributed by atoms with van der Waals surface area (Å²) in [4.78, 5) is 21.2. The van der Waals surface area contributed by atoms with E-state index in [0.717, 1.165) is 18.4 Å². The van der Waals surface area contributed by atoms with E-state index in [1.54, 1.807) is 26.4 Å². The van der Waals surface area contributed by atoms with Crippen LogP contribution in [0.1, 0.15) is 47.3 Å². The highest BCUT2D eigenvalue weighted by Gasteiger charge is 2.36. The standard InChI is InChI=1S/C23H24N6O3/c1-4-32-22(30)17-11-24-28(13-17)23-26-18-12-25-29(20(18)21(27-23)31-3)19(16-9-10-16)15-7-5-14(2)6-8-15/h5-8,11-13,16,19H,4,9-10H2,1-3H3. The second kappa shape index (κ2) is 8.07. The number of ether oxygens (including phenoxy) is 2. The number of carbonyl (C=O) groups excluding carboxylic acids is 1. The van der Waals surface area contributed by atoms with Crippen molar-refractivity contribution in [2.45, 2.75) is 32.7 Å². The Morgan fingerprint density at radius 2 is 1.94 bits per heavy atom. The molecule has 0 aliphatic heterocycles. The van der Waals surface area contributed by atoms with Gasteiger partial charge in [0.25, 0.3) is 5.95 Å². The number of methoxy groups -OCH3 is 1. The average Bonchev–Trinajstić information content (AvgIpc) is 3.34. The van der Waals surface area contributed by atoms with Crippen molar-refractivity contribution in [2.24, 2.45) is 5.92 Å². The van der Waals surface area contributed by atoms with Gasteiger partial charge in [0, 0.05) is 6.20 Å². The summed E-state index contributed by atoms with van der Waals surface area (Å²) >= 11 is 0. The van der Waals surface area contributed by atoms with E-state index in [9.17, 15) is 4.79 Å². The number of hydrogen-bond donors (Lipinski definition) is 0. The Labute approximate surface area is 185 Å². The molecule has 4 aromatic rings. The van der Waals surface area contributed by atoms with Crippen molar-refractivity contribution in [3.8, 4) is 11.8 Å². The molecule has 1 saturated carbocycles. The number of esters is 1. The van der Waals surface area contributed by atoms with E-state index in [1.807, 2.05) is 4.68 Å². The summed E-state index contributed by atoms with van der Waals surface area (Å²) in [6.45, 7) is 4.14. The zero-order valence-electron chi connectivity index (χ0n) is 18.2. The molecule has 1 unspecified atom stereocenters. The molecular weight excluding hydrogens is 408 g/mol. The monoisotopic (exact) mass is 432 g/mol. The number of hydrogen-bond acceptors (Lipinski definition) is 7. The van der Waals surface area contributed by atoms with Crippen molar-refractivity contribution >= 4 is 17.0 Å². The third-order valence-corrected chi connectivity index (χ3v) is 5.64. The molecule has 9 heteroatoms. The first kappa shape index (κ1) is 20.2. The summed E-state index contributed by atoms with van der Waals surface area (Å²) < 4.78 is 14.1. The first-order valence-corrected chi connectivity index (χ1v) is 10.7. The zero-order valence-corrected chi connectivity index (χ0v) is 18.2. The minimum absolute atomic E-state index is 0.0940. The van der Waals surface area contributed by atoms with Gasteiger partial charge in [-0.3, -0.25) is 0 Å². The van der Waals surface area contributed by atoms with Crippen molar-refractivity contribution < 1.29 is 14.3 Å². The van der Waals surface area contributed by atoms with Crippen LogP contribution < -0.4 is 4.74 Å². The molecule has 1 aromatic carbocycles. The van der Waals surface area contributed by atoms with Gasteiger partial charge >= 0.3 is 5.97 Å². The maximum Gasteiger partial charge on any atom is 0.341 e. The van der Waals surface area contributed by atoms with Crippen molar-refractivity contribution in [1.29, 1.82) is 0 Å². The maximum atomic E-state index is 12.0. The Morgan fingerprint density at radius 3 is 2.62 bits per heavy atom. The quantitative estimate of drug-likeness (QED) is 0.412. The molecule has 1 atom stereocenters. The predicted molar refractivity (Wildman–Crippen MR) is 117 cm³/mol. The van der Waals surface area contributed by atoms with Gasteiger partial charge < -0.3 is 9.47 Å². The molecule has 0 radical (unpaired) electrons. The first-order chi connectivity index (χ1) is 15.6. The number of nitrogens with zero attached hydrogens (tertiary/aromatic N) is 6. The summed E-state index contributed by atoms with van der Waals surface area (Å²) in [6.07, 6.45) is 7.02. The summed E-state index contributed by atoms with van der Waals surface area (Å²) in [6, 6.07) is 8.67. The molecule has 3 aromatic heterocycles. The zero-order chi connectivity index (χ0) is 22.2. The van der Waals surface area contributed by atoms with E-state index >= 15 is 0 Å². The second-order valence-electron chi connectivity index (χ2n) is 7.94. The lowest BCUT2D eigenvalue weighted by molar-refractivity contribution is 0.0526. The SMILES string of the molecule is CCOC(=O)c1cnn(-c2nc(OC)c3c(cnn3C(c3ccc(C)cc3)C3CC3)n2)c1. The van der Waals surface area contributed by atoms with E-state index in [4.69, 9.17) is 9.47 Å². The van der Waals surface area contributed by atoms with Gasteiger partial charge in [-0.15, -0.1) is 0 Å². The topological polar surface area (TPSA) is 97.0 Å². The molecule has 5 rings (SSSR count). The molecule has 0 amide bonds. The van der Waals surface area contributed by atoms with E-state index < -0.39 is 5.97 Å². The minimum atomic E-state index is -0.440. The van der Waals surface area contributed by atoms with Crippen LogP contribution in [0.15, 0.2) is 42.9 Å². The molecule has 0 spiro atoms. The van der Waals surface area contributed by atoms with Crippen LogP contribution in [0.4, 0.5) is 0 Å². The van der Waals surface area contributed by atoms with Crippen molar-refractivity contribution in [3.63, 3.8) is 0 Å². The number of fused-ring (bicyclic) bond motifs is 1. The van der Waals surface area contributed by atoms with E-state index in [1.165, 1.54) is 22.0 Å². The lowest BCUT2D eigenvalue weighted by atomic mass is 10.0. The van der Waals surface area contributed by atoms with E-state index in [-0.39, 0.29) is 6.04 Å². The molecular formula is C23H24N6O3. The van der Waals surface area contributed by atoms with Crippen molar-refractivity contribution in [3.05, 3.63) is 59.5 Å². The minimum Gasteiger partial charge on any atom is -0.479 e. The first-order valence-electron chi connectivity index (χ1n) is 10.7. The Hall–Kier alpha value is -3.75. The van der Waals surface area contributed by atoms with Crippen LogP contribution in [0.2, 0.25) is 0 Å². The van der Waals surface area contributed by atoms with E-state index in [2.05, 4.69) is 51.4 Å². The lowest BCUT2D eigenvalue weighted by Gasteiger charge is -2.19. The molecule has 0 N–H and O–H groups in total. The largest absolute Gasteiger partial charge is 0.479 e. The fourth-order valence-corrected chi connectivity index (χ4v) is 3.92. The van der Waals surface area contributed by atoms with Gasteiger partial charge in [-0.2, -0.15) is 15.2 Å². The van der Waals surface area contributed by atoms with Gasteiger partial charge in [-0.05, 0) is 38.2 Å². The summed E-state index contributed by atoms with van der Waals surface area (Å²) in [5, 5.41) is 8.90. The normalized spacial score (nSPS) is 14.5.